The van der Waals surface area contributed by atoms with Crippen LogP contribution in [0, 0.1) is 5.92 Å². The first-order valence-corrected chi connectivity index (χ1v) is 8.81. The summed E-state index contributed by atoms with van der Waals surface area (Å²) in [4.78, 5) is 35.1. The van der Waals surface area contributed by atoms with Crippen molar-refractivity contribution in [1.82, 2.24) is 10.6 Å². The molecule has 1 aromatic rings. The van der Waals surface area contributed by atoms with Crippen LogP contribution in [-0.2, 0) is 9.53 Å². The van der Waals surface area contributed by atoms with Crippen molar-refractivity contribution in [2.75, 3.05) is 20.3 Å². The molecule has 0 bridgehead atoms. The van der Waals surface area contributed by atoms with Crippen LogP contribution in [0.2, 0.25) is 0 Å². The average molecular weight is 380 g/mol. The first kappa shape index (κ1) is 22.3. The van der Waals surface area contributed by atoms with Gasteiger partial charge in [-0.05, 0) is 44.4 Å². The van der Waals surface area contributed by atoms with E-state index in [0.29, 0.717) is 24.0 Å². The molecule has 0 spiro atoms. The van der Waals surface area contributed by atoms with Crippen molar-refractivity contribution < 1.29 is 28.6 Å². The summed E-state index contributed by atoms with van der Waals surface area (Å²) in [6.07, 6.45) is 0.895. The Hall–Kier alpha value is -2.77. The Bertz CT molecular complexity index is 658. The Kier molecular flexibility index (Phi) is 9.12. The van der Waals surface area contributed by atoms with Crippen molar-refractivity contribution in [3.63, 3.8) is 0 Å². The number of methoxy groups -OCH3 is 1. The number of rotatable bonds is 9. The monoisotopic (exact) mass is 380 g/mol. The van der Waals surface area contributed by atoms with Crippen LogP contribution in [0.4, 0.5) is 4.79 Å². The number of urea groups is 1. The largest absolute Gasteiger partial charge is 0.493 e. The fraction of sp³-hybridized carbons (Fsp3) is 0.526. The number of esters is 1. The summed E-state index contributed by atoms with van der Waals surface area (Å²) in [6, 6.07) is 3.87. The molecule has 0 heterocycles. The highest BCUT2D eigenvalue weighted by atomic mass is 16.5. The maximum absolute atomic E-state index is 12.1. The maximum atomic E-state index is 12.1. The second-order valence-electron chi connectivity index (χ2n) is 6.65. The predicted octanol–water partition coefficient (Wildman–Crippen LogP) is 2.51. The molecule has 8 heteroatoms. The van der Waals surface area contributed by atoms with Gasteiger partial charge in [-0.3, -0.25) is 10.1 Å². The Morgan fingerprint density at radius 1 is 1.07 bits per heavy atom. The summed E-state index contributed by atoms with van der Waals surface area (Å²) in [6.45, 7) is 7.68. The minimum atomic E-state index is -0.720. The van der Waals surface area contributed by atoms with Gasteiger partial charge in [0.05, 0.1) is 19.3 Å². The van der Waals surface area contributed by atoms with Gasteiger partial charge in [0, 0.05) is 6.04 Å². The fourth-order valence-corrected chi connectivity index (χ4v) is 1.99. The van der Waals surface area contributed by atoms with Crippen LogP contribution in [0.15, 0.2) is 18.2 Å². The van der Waals surface area contributed by atoms with Gasteiger partial charge in [0.1, 0.15) is 0 Å². The lowest BCUT2D eigenvalue weighted by Gasteiger charge is -2.13. The Balaban J connectivity index is 2.59. The summed E-state index contributed by atoms with van der Waals surface area (Å²) in [5.41, 5.74) is 0.211. The zero-order chi connectivity index (χ0) is 20.4. The summed E-state index contributed by atoms with van der Waals surface area (Å²) >= 11 is 0. The number of imide groups is 1. The first-order chi connectivity index (χ1) is 12.7. The SMILES string of the molecule is COc1cc(C(=O)OCC(=O)NC(=O)NC(C)C)ccc1OCCC(C)C. The Morgan fingerprint density at radius 2 is 1.78 bits per heavy atom. The normalized spacial score (nSPS) is 10.5. The van der Waals surface area contributed by atoms with E-state index in [2.05, 4.69) is 24.5 Å². The summed E-state index contributed by atoms with van der Waals surface area (Å²) in [5, 5.41) is 4.57. The standard InChI is InChI=1S/C19H28N2O6/c1-12(2)8-9-26-15-7-6-14(10-16(15)25-5)18(23)27-11-17(22)21-19(24)20-13(3)4/h6-7,10,12-13H,8-9,11H2,1-5H3,(H2,20,21,22,24). The molecule has 2 N–H and O–H groups in total. The second-order valence-corrected chi connectivity index (χ2v) is 6.65. The second kappa shape index (κ2) is 11.1. The molecule has 0 aliphatic rings. The van der Waals surface area contributed by atoms with Crippen LogP contribution in [-0.4, -0.2) is 44.3 Å². The van der Waals surface area contributed by atoms with E-state index >= 15 is 0 Å². The van der Waals surface area contributed by atoms with Gasteiger partial charge in [-0.2, -0.15) is 0 Å². The van der Waals surface area contributed by atoms with E-state index in [-0.39, 0.29) is 11.6 Å². The van der Waals surface area contributed by atoms with Gasteiger partial charge < -0.3 is 19.5 Å². The molecular weight excluding hydrogens is 352 g/mol. The van der Waals surface area contributed by atoms with E-state index in [1.54, 1.807) is 19.9 Å². The number of carbonyl (C=O) groups is 3. The number of carbonyl (C=O) groups excluding carboxylic acids is 3. The van der Waals surface area contributed by atoms with Gasteiger partial charge in [0.2, 0.25) is 0 Å². The number of nitrogens with one attached hydrogen (secondary N) is 2. The van der Waals surface area contributed by atoms with Crippen molar-refractivity contribution in [3.05, 3.63) is 23.8 Å². The lowest BCUT2D eigenvalue weighted by Crippen LogP contribution is -2.44. The quantitative estimate of drug-likeness (QED) is 0.638. The van der Waals surface area contributed by atoms with E-state index < -0.39 is 24.5 Å². The molecule has 0 radical (unpaired) electrons. The van der Waals surface area contributed by atoms with Crippen molar-refractivity contribution >= 4 is 17.9 Å². The highest BCUT2D eigenvalue weighted by Crippen LogP contribution is 2.28. The van der Waals surface area contributed by atoms with Gasteiger partial charge in [-0.25, -0.2) is 9.59 Å². The fourth-order valence-electron chi connectivity index (χ4n) is 1.99. The van der Waals surface area contributed by atoms with Gasteiger partial charge in [-0.1, -0.05) is 13.8 Å². The molecule has 0 fully saturated rings. The molecule has 0 aliphatic carbocycles. The average Bonchev–Trinajstić information content (AvgIpc) is 2.58. The third-order valence-electron chi connectivity index (χ3n) is 3.36. The van der Waals surface area contributed by atoms with E-state index in [1.807, 2.05) is 0 Å². The summed E-state index contributed by atoms with van der Waals surface area (Å²) in [7, 11) is 1.47. The van der Waals surface area contributed by atoms with E-state index in [4.69, 9.17) is 14.2 Å². The number of benzene rings is 1. The Labute approximate surface area is 159 Å². The molecule has 1 aromatic carbocycles. The highest BCUT2D eigenvalue weighted by Gasteiger charge is 2.15. The van der Waals surface area contributed by atoms with Crippen molar-refractivity contribution in [1.29, 1.82) is 0 Å². The first-order valence-electron chi connectivity index (χ1n) is 8.81. The molecule has 1 rings (SSSR count). The van der Waals surface area contributed by atoms with Crippen LogP contribution in [0.25, 0.3) is 0 Å². The molecule has 3 amide bonds. The third-order valence-corrected chi connectivity index (χ3v) is 3.36. The summed E-state index contributed by atoms with van der Waals surface area (Å²) < 4.78 is 15.8. The number of amides is 3. The van der Waals surface area contributed by atoms with Crippen LogP contribution in [0.1, 0.15) is 44.5 Å². The zero-order valence-electron chi connectivity index (χ0n) is 16.5. The number of ether oxygens (including phenoxy) is 3. The molecule has 8 nitrogen and oxygen atoms in total. The van der Waals surface area contributed by atoms with Gasteiger partial charge in [0.15, 0.2) is 18.1 Å². The van der Waals surface area contributed by atoms with Crippen molar-refractivity contribution in [2.24, 2.45) is 5.92 Å². The molecule has 27 heavy (non-hydrogen) atoms. The molecule has 0 saturated heterocycles. The van der Waals surface area contributed by atoms with Crippen LogP contribution < -0.4 is 20.1 Å². The zero-order valence-corrected chi connectivity index (χ0v) is 16.5. The van der Waals surface area contributed by atoms with Gasteiger partial charge in [0.25, 0.3) is 5.91 Å². The van der Waals surface area contributed by atoms with Gasteiger partial charge in [-0.15, -0.1) is 0 Å². The van der Waals surface area contributed by atoms with E-state index in [0.717, 1.165) is 6.42 Å². The van der Waals surface area contributed by atoms with Crippen LogP contribution in [0.5, 0.6) is 11.5 Å². The minimum Gasteiger partial charge on any atom is -0.493 e. The van der Waals surface area contributed by atoms with E-state index in [9.17, 15) is 14.4 Å². The minimum absolute atomic E-state index is 0.117. The van der Waals surface area contributed by atoms with Crippen LogP contribution in [0.3, 0.4) is 0 Å². The molecule has 0 atom stereocenters. The third kappa shape index (κ3) is 8.44. The van der Waals surface area contributed by atoms with Crippen LogP contribution >= 0.6 is 0 Å². The maximum Gasteiger partial charge on any atom is 0.338 e. The Morgan fingerprint density at radius 3 is 2.37 bits per heavy atom. The lowest BCUT2D eigenvalue weighted by atomic mass is 10.1. The van der Waals surface area contributed by atoms with Crippen molar-refractivity contribution in [3.8, 4) is 11.5 Å². The predicted molar refractivity (Wildman–Crippen MR) is 100 cm³/mol. The topological polar surface area (TPSA) is 103 Å². The number of hydrogen-bond donors (Lipinski definition) is 2. The highest BCUT2D eigenvalue weighted by molar-refractivity contribution is 5.97. The molecule has 0 aliphatic heterocycles. The van der Waals surface area contributed by atoms with E-state index in [1.165, 1.54) is 19.2 Å². The molecular formula is C19H28N2O6. The van der Waals surface area contributed by atoms with Gasteiger partial charge >= 0.3 is 12.0 Å². The lowest BCUT2D eigenvalue weighted by molar-refractivity contribution is -0.123. The smallest absolute Gasteiger partial charge is 0.338 e. The van der Waals surface area contributed by atoms with Crippen molar-refractivity contribution in [2.45, 2.75) is 40.2 Å². The molecule has 150 valence electrons. The molecule has 0 saturated carbocycles. The number of hydrogen-bond acceptors (Lipinski definition) is 6. The molecule has 0 unspecified atom stereocenters. The summed E-state index contributed by atoms with van der Waals surface area (Å²) in [5.74, 6) is 0.00864. The molecule has 0 aromatic heterocycles.